The monoisotopic (exact) mass is 340 g/mol. The lowest BCUT2D eigenvalue weighted by Gasteiger charge is -2.20. The van der Waals surface area contributed by atoms with Gasteiger partial charge < -0.3 is 4.74 Å². The molecule has 0 unspecified atom stereocenters. The number of nitrogens with one attached hydrogen (secondary N) is 2. The van der Waals surface area contributed by atoms with Crippen LogP contribution in [0.5, 0.6) is 5.75 Å². The average molecular weight is 340 g/mol. The number of benzene rings is 2. The molecule has 0 saturated carbocycles. The molecular weight excluding hydrogens is 316 g/mol. The quantitative estimate of drug-likeness (QED) is 0.840. The zero-order valence-corrected chi connectivity index (χ0v) is 15.0. The summed E-state index contributed by atoms with van der Waals surface area (Å²) < 4.78 is 5.62. The molecule has 0 radical (unpaired) electrons. The highest BCUT2D eigenvalue weighted by Gasteiger charge is 2.17. The third-order valence-corrected chi connectivity index (χ3v) is 3.74. The van der Waals surface area contributed by atoms with Gasteiger partial charge in [0.05, 0.1) is 0 Å². The van der Waals surface area contributed by atoms with Crippen LogP contribution in [0.3, 0.4) is 0 Å². The number of rotatable bonds is 4. The predicted octanol–water partition coefficient (Wildman–Crippen LogP) is 3.21. The van der Waals surface area contributed by atoms with Crippen molar-refractivity contribution in [3.05, 3.63) is 65.7 Å². The van der Waals surface area contributed by atoms with Crippen molar-refractivity contribution in [2.24, 2.45) is 0 Å². The summed E-state index contributed by atoms with van der Waals surface area (Å²) in [4.78, 5) is 24.0. The zero-order valence-electron chi connectivity index (χ0n) is 15.0. The van der Waals surface area contributed by atoms with Gasteiger partial charge in [-0.2, -0.15) is 0 Å². The highest BCUT2D eigenvalue weighted by molar-refractivity contribution is 5.95. The SMILES string of the molecule is C[C@H](Oc1ccc(C(C)(C)C)cc1)C(=O)NNC(=O)c1ccccc1. The van der Waals surface area contributed by atoms with E-state index in [0.717, 1.165) is 0 Å². The molecule has 2 aromatic rings. The fourth-order valence-electron chi connectivity index (χ4n) is 2.17. The summed E-state index contributed by atoms with van der Waals surface area (Å²) in [7, 11) is 0. The summed E-state index contributed by atoms with van der Waals surface area (Å²) in [6.07, 6.45) is -0.739. The summed E-state index contributed by atoms with van der Waals surface area (Å²) in [5.41, 5.74) is 6.46. The van der Waals surface area contributed by atoms with Gasteiger partial charge in [0, 0.05) is 5.56 Å². The lowest BCUT2D eigenvalue weighted by molar-refractivity contribution is -0.128. The van der Waals surface area contributed by atoms with Crippen LogP contribution in [0, 0.1) is 0 Å². The summed E-state index contributed by atoms with van der Waals surface area (Å²) >= 11 is 0. The first-order valence-electron chi connectivity index (χ1n) is 8.20. The summed E-state index contributed by atoms with van der Waals surface area (Å²) in [5.74, 6) is -0.204. The maximum Gasteiger partial charge on any atom is 0.279 e. The van der Waals surface area contributed by atoms with Gasteiger partial charge in [0.1, 0.15) is 5.75 Å². The molecule has 2 amide bonds. The molecule has 0 aliphatic rings. The Morgan fingerprint density at radius 2 is 1.52 bits per heavy atom. The number of hydrogen-bond donors (Lipinski definition) is 2. The van der Waals surface area contributed by atoms with Gasteiger partial charge in [0.2, 0.25) is 0 Å². The van der Waals surface area contributed by atoms with Crippen LogP contribution in [0.1, 0.15) is 43.6 Å². The number of carbonyl (C=O) groups excluding carboxylic acids is 2. The molecule has 5 nitrogen and oxygen atoms in total. The molecule has 0 heterocycles. The fraction of sp³-hybridized carbons (Fsp3) is 0.300. The predicted molar refractivity (Wildman–Crippen MR) is 97.3 cm³/mol. The van der Waals surface area contributed by atoms with Crippen LogP contribution in [0.2, 0.25) is 0 Å². The second-order valence-electron chi connectivity index (χ2n) is 6.84. The topological polar surface area (TPSA) is 67.4 Å². The zero-order chi connectivity index (χ0) is 18.4. The average Bonchev–Trinajstić information content (AvgIpc) is 2.59. The van der Waals surface area contributed by atoms with E-state index in [1.807, 2.05) is 30.3 Å². The van der Waals surface area contributed by atoms with Gasteiger partial charge in [0.25, 0.3) is 11.8 Å². The van der Waals surface area contributed by atoms with Crippen LogP contribution in [0.25, 0.3) is 0 Å². The molecule has 0 aromatic heterocycles. The van der Waals surface area contributed by atoms with Crippen LogP contribution < -0.4 is 15.6 Å². The van der Waals surface area contributed by atoms with Crippen molar-refractivity contribution in [1.82, 2.24) is 10.9 Å². The van der Waals surface area contributed by atoms with Gasteiger partial charge in [-0.25, -0.2) is 0 Å². The number of hydrazine groups is 1. The standard InChI is InChI=1S/C20H24N2O3/c1-14(25-17-12-10-16(11-13-17)20(2,3)4)18(23)21-22-19(24)15-8-6-5-7-9-15/h5-14H,1-4H3,(H,21,23)(H,22,24)/t14-/m0/s1. The molecule has 25 heavy (non-hydrogen) atoms. The second-order valence-corrected chi connectivity index (χ2v) is 6.84. The normalized spacial score (nSPS) is 12.2. The number of amides is 2. The van der Waals surface area contributed by atoms with E-state index in [9.17, 15) is 9.59 Å². The van der Waals surface area contributed by atoms with Gasteiger partial charge in [-0.15, -0.1) is 0 Å². The van der Waals surface area contributed by atoms with Gasteiger partial charge >= 0.3 is 0 Å². The van der Waals surface area contributed by atoms with Crippen LogP contribution in [-0.4, -0.2) is 17.9 Å². The third-order valence-electron chi connectivity index (χ3n) is 3.74. The molecule has 2 rings (SSSR count). The minimum absolute atomic E-state index is 0.0588. The van der Waals surface area contributed by atoms with E-state index < -0.39 is 12.0 Å². The summed E-state index contributed by atoms with van der Waals surface area (Å²) in [6.45, 7) is 8.03. The van der Waals surface area contributed by atoms with Crippen molar-refractivity contribution in [2.75, 3.05) is 0 Å². The molecule has 2 aromatic carbocycles. The van der Waals surface area contributed by atoms with E-state index in [-0.39, 0.29) is 11.3 Å². The fourth-order valence-corrected chi connectivity index (χ4v) is 2.17. The molecule has 0 spiro atoms. The number of hydrogen-bond acceptors (Lipinski definition) is 3. The Bertz CT molecular complexity index is 719. The molecule has 0 fully saturated rings. The largest absolute Gasteiger partial charge is 0.481 e. The second kappa shape index (κ2) is 7.83. The minimum atomic E-state index is -0.739. The molecule has 2 N–H and O–H groups in total. The van der Waals surface area contributed by atoms with Crippen molar-refractivity contribution in [3.8, 4) is 5.75 Å². The highest BCUT2D eigenvalue weighted by Crippen LogP contribution is 2.24. The molecule has 0 bridgehead atoms. The lowest BCUT2D eigenvalue weighted by atomic mass is 9.87. The van der Waals surface area contributed by atoms with Crippen molar-refractivity contribution in [3.63, 3.8) is 0 Å². The van der Waals surface area contributed by atoms with Crippen molar-refractivity contribution in [2.45, 2.75) is 39.2 Å². The first-order valence-corrected chi connectivity index (χ1v) is 8.20. The van der Waals surface area contributed by atoms with Crippen LogP contribution >= 0.6 is 0 Å². The molecular formula is C20H24N2O3. The Morgan fingerprint density at radius 3 is 2.08 bits per heavy atom. The molecule has 0 saturated heterocycles. The molecule has 132 valence electrons. The third kappa shape index (κ3) is 5.35. The number of carbonyl (C=O) groups is 2. The van der Waals surface area contributed by atoms with Gasteiger partial charge in [-0.1, -0.05) is 51.1 Å². The van der Waals surface area contributed by atoms with E-state index in [2.05, 4.69) is 31.6 Å². The Morgan fingerprint density at radius 1 is 0.920 bits per heavy atom. The Labute approximate surface area is 148 Å². The smallest absolute Gasteiger partial charge is 0.279 e. The van der Waals surface area contributed by atoms with E-state index in [4.69, 9.17) is 4.74 Å². The molecule has 0 aliphatic carbocycles. The Kier molecular flexibility index (Phi) is 5.80. The lowest BCUT2D eigenvalue weighted by Crippen LogP contribution is -2.47. The van der Waals surface area contributed by atoms with Crippen molar-refractivity contribution in [1.29, 1.82) is 0 Å². The van der Waals surface area contributed by atoms with E-state index in [1.165, 1.54) is 5.56 Å². The first-order chi connectivity index (χ1) is 11.8. The van der Waals surface area contributed by atoms with E-state index in [1.54, 1.807) is 31.2 Å². The minimum Gasteiger partial charge on any atom is -0.481 e. The highest BCUT2D eigenvalue weighted by atomic mass is 16.5. The van der Waals surface area contributed by atoms with Crippen LogP contribution in [0.4, 0.5) is 0 Å². The molecule has 0 aliphatic heterocycles. The Hall–Kier alpha value is -2.82. The maximum atomic E-state index is 12.1. The summed E-state index contributed by atoms with van der Waals surface area (Å²) in [5, 5.41) is 0. The van der Waals surface area contributed by atoms with Gasteiger partial charge in [-0.05, 0) is 42.2 Å². The Balaban J connectivity index is 1.87. The van der Waals surface area contributed by atoms with Gasteiger partial charge in [-0.3, -0.25) is 20.4 Å². The number of ether oxygens (including phenoxy) is 1. The summed E-state index contributed by atoms with van der Waals surface area (Å²) in [6, 6.07) is 16.3. The maximum absolute atomic E-state index is 12.1. The van der Waals surface area contributed by atoms with Crippen LogP contribution in [0.15, 0.2) is 54.6 Å². The first kappa shape index (κ1) is 18.5. The van der Waals surface area contributed by atoms with Crippen LogP contribution in [-0.2, 0) is 10.2 Å². The van der Waals surface area contributed by atoms with Gasteiger partial charge in [0.15, 0.2) is 6.10 Å². The molecule has 5 heteroatoms. The van der Waals surface area contributed by atoms with Crippen molar-refractivity contribution >= 4 is 11.8 Å². The van der Waals surface area contributed by atoms with E-state index >= 15 is 0 Å². The van der Waals surface area contributed by atoms with E-state index in [0.29, 0.717) is 11.3 Å². The molecule has 1 atom stereocenters. The van der Waals surface area contributed by atoms with Crippen molar-refractivity contribution < 1.29 is 14.3 Å².